The van der Waals surface area contributed by atoms with E-state index in [2.05, 4.69) is 17.2 Å². The van der Waals surface area contributed by atoms with Crippen molar-refractivity contribution in [2.75, 3.05) is 13.1 Å². The topological polar surface area (TPSA) is 70.4 Å². The van der Waals surface area contributed by atoms with Gasteiger partial charge in [-0.25, -0.2) is 9.78 Å². The van der Waals surface area contributed by atoms with Crippen molar-refractivity contribution in [1.29, 1.82) is 0 Å². The number of aliphatic hydroxyl groups is 1. The summed E-state index contributed by atoms with van der Waals surface area (Å²) in [5.74, 6) is 1.37. The molecule has 1 saturated carbocycles. The number of nitrogens with one attached hydrogen (secondary N) is 1. The predicted molar refractivity (Wildman–Crippen MR) is 87.8 cm³/mol. The van der Waals surface area contributed by atoms with Crippen molar-refractivity contribution >= 4 is 6.03 Å². The summed E-state index contributed by atoms with van der Waals surface area (Å²) in [4.78, 5) is 18.6. The van der Waals surface area contributed by atoms with Crippen LogP contribution in [0, 0.1) is 11.8 Å². The van der Waals surface area contributed by atoms with Crippen LogP contribution in [0.1, 0.15) is 51.0 Å². The molecule has 0 aromatic carbocycles. The minimum atomic E-state index is -0.616. The second-order valence-electron chi connectivity index (χ2n) is 7.12. The molecule has 2 amide bonds. The first kappa shape index (κ1) is 16.3. The predicted octanol–water partition coefficient (Wildman–Crippen LogP) is 2.06. The van der Waals surface area contributed by atoms with Gasteiger partial charge >= 0.3 is 6.03 Å². The smallest absolute Gasteiger partial charge is 0.317 e. The zero-order chi connectivity index (χ0) is 16.4. The van der Waals surface area contributed by atoms with Gasteiger partial charge in [0, 0.05) is 44.5 Å². The Labute approximate surface area is 137 Å². The van der Waals surface area contributed by atoms with E-state index in [0.717, 1.165) is 19.4 Å². The molecule has 6 heteroatoms. The van der Waals surface area contributed by atoms with Gasteiger partial charge in [0.05, 0.1) is 0 Å². The van der Waals surface area contributed by atoms with E-state index in [4.69, 9.17) is 0 Å². The van der Waals surface area contributed by atoms with Crippen molar-refractivity contribution in [2.24, 2.45) is 18.9 Å². The molecule has 23 heavy (non-hydrogen) atoms. The molecule has 3 unspecified atom stereocenters. The number of likely N-dealkylation sites (tertiary alicyclic amines) is 1. The zero-order valence-electron chi connectivity index (χ0n) is 14.1. The third kappa shape index (κ3) is 3.52. The van der Waals surface area contributed by atoms with Crippen molar-refractivity contribution in [3.05, 3.63) is 18.2 Å². The van der Waals surface area contributed by atoms with Crippen LogP contribution in [0.25, 0.3) is 0 Å². The van der Waals surface area contributed by atoms with E-state index >= 15 is 0 Å². The molecule has 2 heterocycles. The highest BCUT2D eigenvalue weighted by atomic mass is 16.3. The summed E-state index contributed by atoms with van der Waals surface area (Å²) in [5.41, 5.74) is 0. The van der Waals surface area contributed by atoms with Crippen molar-refractivity contribution in [1.82, 2.24) is 19.8 Å². The standard InChI is InChI=1S/C17H28N4O2/c1-12(13-5-3-6-13)19-17(23)21-9-4-7-14(11-21)15(22)16-18-8-10-20(16)2/h8,10,12-15,22H,3-7,9,11H2,1-2H3,(H,19,23). The van der Waals surface area contributed by atoms with Gasteiger partial charge < -0.3 is 19.9 Å². The van der Waals surface area contributed by atoms with Gasteiger partial charge in [0.15, 0.2) is 0 Å². The normalized spacial score (nSPS) is 24.8. The van der Waals surface area contributed by atoms with Crippen LogP contribution in [0.5, 0.6) is 0 Å². The Hall–Kier alpha value is -1.56. The van der Waals surface area contributed by atoms with E-state index in [-0.39, 0.29) is 18.0 Å². The number of nitrogens with zero attached hydrogens (tertiary/aromatic N) is 3. The molecule has 2 aliphatic rings. The molecule has 1 aromatic rings. The largest absolute Gasteiger partial charge is 0.385 e. The first-order chi connectivity index (χ1) is 11.1. The van der Waals surface area contributed by atoms with Gasteiger partial charge in [0.1, 0.15) is 11.9 Å². The minimum Gasteiger partial charge on any atom is -0.385 e. The molecule has 1 saturated heterocycles. The monoisotopic (exact) mass is 320 g/mol. The summed E-state index contributed by atoms with van der Waals surface area (Å²) in [6.07, 6.45) is 8.51. The number of carbonyl (C=O) groups excluding carboxylic acids is 1. The summed E-state index contributed by atoms with van der Waals surface area (Å²) in [7, 11) is 1.89. The lowest BCUT2D eigenvalue weighted by atomic mass is 9.80. The third-order valence-corrected chi connectivity index (χ3v) is 5.52. The highest BCUT2D eigenvalue weighted by Gasteiger charge is 2.32. The SMILES string of the molecule is CC(NC(=O)N1CCCC(C(O)c2nccn2C)C1)C1CCC1. The molecule has 0 bridgehead atoms. The number of piperidine rings is 1. The zero-order valence-corrected chi connectivity index (χ0v) is 14.1. The molecule has 1 aliphatic heterocycles. The van der Waals surface area contributed by atoms with Gasteiger partial charge in [-0.2, -0.15) is 0 Å². The molecule has 0 radical (unpaired) electrons. The van der Waals surface area contributed by atoms with Crippen LogP contribution in [0.3, 0.4) is 0 Å². The molecular weight excluding hydrogens is 292 g/mol. The van der Waals surface area contributed by atoms with E-state index in [1.54, 1.807) is 6.20 Å². The molecule has 6 nitrogen and oxygen atoms in total. The lowest BCUT2D eigenvalue weighted by Crippen LogP contribution is -2.51. The van der Waals surface area contributed by atoms with Gasteiger partial charge in [-0.05, 0) is 38.5 Å². The van der Waals surface area contributed by atoms with Gasteiger partial charge in [-0.1, -0.05) is 6.42 Å². The number of urea groups is 1. The number of carbonyl (C=O) groups is 1. The Morgan fingerprint density at radius 1 is 1.35 bits per heavy atom. The second-order valence-corrected chi connectivity index (χ2v) is 7.12. The number of hydrogen-bond acceptors (Lipinski definition) is 3. The Balaban J connectivity index is 1.57. The Kier molecular flexibility index (Phi) is 4.90. The van der Waals surface area contributed by atoms with Gasteiger partial charge in [0.25, 0.3) is 0 Å². The average molecular weight is 320 g/mol. The van der Waals surface area contributed by atoms with E-state index in [1.807, 2.05) is 22.7 Å². The average Bonchev–Trinajstić information content (AvgIpc) is 2.91. The fourth-order valence-corrected chi connectivity index (χ4v) is 3.67. The maximum absolute atomic E-state index is 12.5. The Morgan fingerprint density at radius 2 is 2.09 bits per heavy atom. The molecular formula is C17H28N4O2. The minimum absolute atomic E-state index is 0.0149. The maximum Gasteiger partial charge on any atom is 0.317 e. The number of aliphatic hydroxyl groups excluding tert-OH is 1. The number of imidazole rings is 1. The Bertz CT molecular complexity index is 540. The summed E-state index contributed by atoms with van der Waals surface area (Å²) in [6.45, 7) is 3.47. The molecule has 3 atom stereocenters. The van der Waals surface area contributed by atoms with Crippen molar-refractivity contribution < 1.29 is 9.90 Å². The fraction of sp³-hybridized carbons (Fsp3) is 0.765. The van der Waals surface area contributed by atoms with E-state index in [9.17, 15) is 9.90 Å². The molecule has 1 aliphatic carbocycles. The van der Waals surface area contributed by atoms with Gasteiger partial charge in [0.2, 0.25) is 0 Å². The summed E-state index contributed by atoms with van der Waals surface area (Å²) < 4.78 is 1.85. The van der Waals surface area contributed by atoms with Crippen LogP contribution in [0.15, 0.2) is 12.4 Å². The summed E-state index contributed by atoms with van der Waals surface area (Å²) in [5, 5.41) is 13.7. The molecule has 3 rings (SSSR count). The second kappa shape index (κ2) is 6.91. The Morgan fingerprint density at radius 3 is 2.70 bits per heavy atom. The number of aromatic nitrogens is 2. The first-order valence-electron chi connectivity index (χ1n) is 8.77. The van der Waals surface area contributed by atoms with Gasteiger partial charge in [-0.3, -0.25) is 0 Å². The molecule has 0 spiro atoms. The molecule has 2 N–H and O–H groups in total. The number of aryl methyl sites for hydroxylation is 1. The molecule has 2 fully saturated rings. The van der Waals surface area contributed by atoms with Crippen molar-refractivity contribution in [2.45, 2.75) is 51.2 Å². The van der Waals surface area contributed by atoms with Crippen LogP contribution >= 0.6 is 0 Å². The maximum atomic E-state index is 12.5. The molecule has 1 aromatic heterocycles. The van der Waals surface area contributed by atoms with Crippen molar-refractivity contribution in [3.8, 4) is 0 Å². The lowest BCUT2D eigenvalue weighted by molar-refractivity contribution is 0.0522. The van der Waals surface area contributed by atoms with Gasteiger partial charge in [-0.15, -0.1) is 0 Å². The summed E-state index contributed by atoms with van der Waals surface area (Å²) >= 11 is 0. The quantitative estimate of drug-likeness (QED) is 0.892. The van der Waals surface area contributed by atoms with Crippen LogP contribution in [0.4, 0.5) is 4.79 Å². The number of hydrogen-bond donors (Lipinski definition) is 2. The van der Waals surface area contributed by atoms with Crippen LogP contribution < -0.4 is 5.32 Å². The van der Waals surface area contributed by atoms with E-state index in [0.29, 0.717) is 18.3 Å². The van der Waals surface area contributed by atoms with E-state index < -0.39 is 6.10 Å². The van der Waals surface area contributed by atoms with Crippen LogP contribution in [0.2, 0.25) is 0 Å². The highest BCUT2D eigenvalue weighted by Crippen LogP contribution is 2.31. The first-order valence-corrected chi connectivity index (χ1v) is 8.77. The lowest BCUT2D eigenvalue weighted by Gasteiger charge is -2.37. The summed E-state index contributed by atoms with van der Waals surface area (Å²) in [6, 6.07) is 0.261. The fourth-order valence-electron chi connectivity index (χ4n) is 3.67. The van der Waals surface area contributed by atoms with Crippen LogP contribution in [-0.2, 0) is 7.05 Å². The third-order valence-electron chi connectivity index (χ3n) is 5.52. The number of amides is 2. The van der Waals surface area contributed by atoms with Crippen LogP contribution in [-0.4, -0.2) is 44.7 Å². The van der Waals surface area contributed by atoms with Crippen molar-refractivity contribution in [3.63, 3.8) is 0 Å². The van der Waals surface area contributed by atoms with E-state index in [1.165, 1.54) is 19.3 Å². The number of rotatable bonds is 4. The molecule has 128 valence electrons. The highest BCUT2D eigenvalue weighted by molar-refractivity contribution is 5.74.